The first kappa shape index (κ1) is 26.4. The predicted octanol–water partition coefficient (Wildman–Crippen LogP) is 3.05. The van der Waals surface area contributed by atoms with E-state index in [2.05, 4.69) is 10.3 Å². The molecule has 198 valence electrons. The molecule has 2 amide bonds. The highest BCUT2D eigenvalue weighted by Gasteiger charge is 2.34. The minimum Gasteiger partial charge on any atom is -0.474 e. The fourth-order valence-corrected chi connectivity index (χ4v) is 4.13. The van der Waals surface area contributed by atoms with Crippen LogP contribution in [0, 0.1) is 5.82 Å². The van der Waals surface area contributed by atoms with Crippen molar-refractivity contribution >= 4 is 40.8 Å². The molecule has 0 aliphatic carbocycles. The Morgan fingerprint density at radius 3 is 2.54 bits per heavy atom. The van der Waals surface area contributed by atoms with Crippen molar-refractivity contribution in [3.8, 4) is 0 Å². The summed E-state index contributed by atoms with van der Waals surface area (Å²) in [5, 5.41) is 2.98. The number of benzene rings is 1. The monoisotopic (exact) mass is 541 g/mol. The van der Waals surface area contributed by atoms with Gasteiger partial charge in [-0.15, -0.1) is 0 Å². The molecule has 0 unspecified atom stereocenters. The van der Waals surface area contributed by atoms with Gasteiger partial charge in [-0.25, -0.2) is 9.18 Å². The lowest BCUT2D eigenvalue weighted by atomic mass is 10.1. The Bertz CT molecular complexity index is 1170. The van der Waals surface area contributed by atoms with Crippen molar-refractivity contribution in [2.24, 2.45) is 0 Å². The number of carbonyl (C=O) groups is 2. The van der Waals surface area contributed by atoms with Gasteiger partial charge in [0.15, 0.2) is 0 Å². The zero-order valence-electron chi connectivity index (χ0n) is 19.6. The fourth-order valence-electron chi connectivity index (χ4n) is 4.05. The standard InChI is InChI=1S/C23H23F4N5O4S/c1-35-21(37)29-12-16-13-32(22(34)36-16)15-3-4-18(17(24)10-15)30-6-8-31(9-7-30)20(33)14-2-5-19(28-11-14)23(25,26)27/h2-5,10-11,16H,6-9,12-13H2,1H3,(H,29,37)/t16-/m0/s1. The highest BCUT2D eigenvalue weighted by molar-refractivity contribution is 7.80. The maximum Gasteiger partial charge on any atom is 0.433 e. The van der Waals surface area contributed by atoms with Crippen molar-refractivity contribution in [1.29, 1.82) is 0 Å². The summed E-state index contributed by atoms with van der Waals surface area (Å²) < 4.78 is 63.2. The number of hydrogen-bond acceptors (Lipinski definition) is 7. The van der Waals surface area contributed by atoms with Crippen molar-refractivity contribution in [3.63, 3.8) is 0 Å². The van der Waals surface area contributed by atoms with Crippen LogP contribution in [0.1, 0.15) is 16.1 Å². The van der Waals surface area contributed by atoms with Gasteiger partial charge in [0.2, 0.25) is 0 Å². The van der Waals surface area contributed by atoms with E-state index in [1.54, 1.807) is 17.0 Å². The first-order valence-corrected chi connectivity index (χ1v) is 11.6. The van der Waals surface area contributed by atoms with Gasteiger partial charge >= 0.3 is 12.3 Å². The average molecular weight is 542 g/mol. The van der Waals surface area contributed by atoms with Crippen LogP contribution in [0.15, 0.2) is 36.5 Å². The minimum absolute atomic E-state index is 0.0482. The van der Waals surface area contributed by atoms with E-state index < -0.39 is 35.8 Å². The van der Waals surface area contributed by atoms with Gasteiger partial charge < -0.3 is 24.6 Å². The number of ether oxygens (including phenoxy) is 2. The van der Waals surface area contributed by atoms with Crippen molar-refractivity contribution in [1.82, 2.24) is 15.2 Å². The molecule has 37 heavy (non-hydrogen) atoms. The van der Waals surface area contributed by atoms with E-state index in [9.17, 15) is 22.8 Å². The molecule has 0 spiro atoms. The molecule has 1 aromatic carbocycles. The van der Waals surface area contributed by atoms with Crippen molar-refractivity contribution < 1.29 is 36.6 Å². The topological polar surface area (TPSA) is 87.2 Å². The highest BCUT2D eigenvalue weighted by atomic mass is 32.1. The third kappa shape index (κ3) is 6.01. The van der Waals surface area contributed by atoms with E-state index in [1.807, 2.05) is 0 Å². The number of cyclic esters (lactones) is 1. The molecule has 0 bridgehead atoms. The summed E-state index contributed by atoms with van der Waals surface area (Å²) in [6.45, 7) is 1.58. The molecule has 2 aliphatic heterocycles. The number of nitrogens with zero attached hydrogens (tertiary/aromatic N) is 4. The second kappa shape index (κ2) is 10.7. The number of anilines is 2. The van der Waals surface area contributed by atoms with E-state index in [0.717, 1.165) is 18.3 Å². The smallest absolute Gasteiger partial charge is 0.433 e. The van der Waals surface area contributed by atoms with E-state index >= 15 is 4.39 Å². The van der Waals surface area contributed by atoms with Crippen LogP contribution >= 0.6 is 12.2 Å². The van der Waals surface area contributed by atoms with E-state index in [4.69, 9.17) is 21.7 Å². The van der Waals surface area contributed by atoms with Crippen LogP contribution in [0.2, 0.25) is 0 Å². The van der Waals surface area contributed by atoms with E-state index in [1.165, 1.54) is 23.0 Å². The number of rotatable bonds is 5. The lowest BCUT2D eigenvalue weighted by molar-refractivity contribution is -0.141. The average Bonchev–Trinajstić information content (AvgIpc) is 3.26. The largest absolute Gasteiger partial charge is 0.474 e. The summed E-state index contributed by atoms with van der Waals surface area (Å²) in [4.78, 5) is 32.8. The number of methoxy groups -OCH3 is 1. The summed E-state index contributed by atoms with van der Waals surface area (Å²) in [6, 6.07) is 6.28. The lowest BCUT2D eigenvalue weighted by Crippen LogP contribution is -2.49. The Morgan fingerprint density at radius 2 is 1.95 bits per heavy atom. The molecule has 1 atom stereocenters. The molecule has 1 aromatic heterocycles. The van der Waals surface area contributed by atoms with Crippen LogP contribution in [0.4, 0.5) is 33.7 Å². The van der Waals surface area contributed by atoms with Crippen LogP contribution < -0.4 is 15.1 Å². The van der Waals surface area contributed by atoms with Crippen molar-refractivity contribution in [2.75, 3.05) is 56.2 Å². The Balaban J connectivity index is 1.34. The first-order valence-electron chi connectivity index (χ1n) is 11.2. The number of nitrogens with one attached hydrogen (secondary N) is 1. The van der Waals surface area contributed by atoms with E-state index in [-0.39, 0.29) is 36.9 Å². The summed E-state index contributed by atoms with van der Waals surface area (Å²) in [5.74, 6) is -0.987. The van der Waals surface area contributed by atoms with Gasteiger partial charge in [-0.1, -0.05) is 0 Å². The molecular formula is C23H23F4N5O4S. The maximum absolute atomic E-state index is 15.0. The van der Waals surface area contributed by atoms with Crippen LogP contribution in [0.5, 0.6) is 0 Å². The van der Waals surface area contributed by atoms with Gasteiger partial charge in [0, 0.05) is 32.4 Å². The SMILES string of the molecule is COC(=S)NC[C@H]1CN(c2ccc(N3CCN(C(=O)c4ccc(C(F)(F)F)nc4)CC3)c(F)c2)C(=O)O1. The van der Waals surface area contributed by atoms with Gasteiger partial charge in [0.1, 0.15) is 17.6 Å². The second-order valence-electron chi connectivity index (χ2n) is 8.33. The highest BCUT2D eigenvalue weighted by Crippen LogP contribution is 2.29. The molecule has 2 fully saturated rings. The van der Waals surface area contributed by atoms with Crippen LogP contribution in [-0.4, -0.2) is 79.5 Å². The Hall–Kier alpha value is -3.68. The van der Waals surface area contributed by atoms with Crippen LogP contribution in [0.25, 0.3) is 0 Å². The Morgan fingerprint density at radius 1 is 1.22 bits per heavy atom. The van der Waals surface area contributed by atoms with Crippen LogP contribution in [-0.2, 0) is 15.7 Å². The number of thiocarbonyl (C=S) groups is 1. The van der Waals surface area contributed by atoms with Gasteiger partial charge in [-0.05, 0) is 42.5 Å². The zero-order chi connectivity index (χ0) is 26.7. The van der Waals surface area contributed by atoms with Crippen LogP contribution in [0.3, 0.4) is 0 Å². The summed E-state index contributed by atoms with van der Waals surface area (Å²) in [6.07, 6.45) is -4.77. The number of aromatic nitrogens is 1. The summed E-state index contributed by atoms with van der Waals surface area (Å²) >= 11 is 4.90. The second-order valence-corrected chi connectivity index (χ2v) is 8.70. The molecule has 0 radical (unpaired) electrons. The molecule has 4 rings (SSSR count). The Kier molecular flexibility index (Phi) is 7.66. The number of piperazine rings is 1. The zero-order valence-corrected chi connectivity index (χ0v) is 20.4. The fraction of sp³-hybridized carbons (Fsp3) is 0.391. The molecule has 2 saturated heterocycles. The van der Waals surface area contributed by atoms with Gasteiger partial charge in [-0.2, -0.15) is 13.2 Å². The number of pyridine rings is 1. The molecule has 3 heterocycles. The molecule has 14 heteroatoms. The molecule has 1 N–H and O–H groups in total. The first-order chi connectivity index (χ1) is 17.6. The molecule has 2 aliphatic rings. The quantitative estimate of drug-likeness (QED) is 0.457. The molecule has 2 aromatic rings. The minimum atomic E-state index is -4.58. The normalized spacial score (nSPS) is 18.0. The number of carbonyl (C=O) groups excluding carboxylic acids is 2. The third-order valence-electron chi connectivity index (χ3n) is 5.98. The Labute approximate surface area is 214 Å². The van der Waals surface area contributed by atoms with Crippen molar-refractivity contribution in [3.05, 3.63) is 53.6 Å². The molecule has 9 nitrogen and oxygen atoms in total. The number of alkyl halides is 3. The van der Waals surface area contributed by atoms with Gasteiger partial charge in [0.05, 0.1) is 37.1 Å². The predicted molar refractivity (Wildman–Crippen MR) is 129 cm³/mol. The maximum atomic E-state index is 15.0. The summed E-state index contributed by atoms with van der Waals surface area (Å²) in [5.41, 5.74) is -0.376. The van der Waals surface area contributed by atoms with Crippen molar-refractivity contribution in [2.45, 2.75) is 12.3 Å². The number of halogens is 4. The molecule has 0 saturated carbocycles. The third-order valence-corrected chi connectivity index (χ3v) is 6.30. The number of hydrogen-bond donors (Lipinski definition) is 1. The van der Waals surface area contributed by atoms with Gasteiger partial charge in [-0.3, -0.25) is 14.7 Å². The summed E-state index contributed by atoms with van der Waals surface area (Å²) in [7, 11) is 1.42. The lowest BCUT2D eigenvalue weighted by Gasteiger charge is -2.36. The van der Waals surface area contributed by atoms with E-state index in [0.29, 0.717) is 24.5 Å². The van der Waals surface area contributed by atoms with Gasteiger partial charge in [0.25, 0.3) is 11.1 Å². The number of amides is 2. The molecular weight excluding hydrogens is 518 g/mol.